The summed E-state index contributed by atoms with van der Waals surface area (Å²) in [5.41, 5.74) is 0.251. The lowest BCUT2D eigenvalue weighted by Crippen LogP contribution is -2.45. The number of sulfone groups is 1. The number of alkyl carbamates (subject to hydrolysis) is 1. The second-order valence-electron chi connectivity index (χ2n) is 8.44. The normalized spacial score (nSPS) is 11.8. The van der Waals surface area contributed by atoms with E-state index in [0.717, 1.165) is 16.6 Å². The van der Waals surface area contributed by atoms with Gasteiger partial charge in [-0.15, -0.1) is 0 Å². The number of ether oxygens (including phenoxy) is 1. The molecular weight excluding hydrogens is 396 g/mol. The fourth-order valence-electron chi connectivity index (χ4n) is 2.37. The lowest BCUT2D eigenvalue weighted by atomic mass is 10.0. The molecule has 0 aromatic heterocycles. The van der Waals surface area contributed by atoms with Gasteiger partial charge < -0.3 is 24.4 Å². The topological polar surface area (TPSA) is 113 Å². The Labute approximate surface area is 174 Å². The minimum absolute atomic E-state index is 0.0517. The number of carbonyl (C=O) groups is 2. The number of carboxylic acid groups (broad SMARTS) is 1. The third kappa shape index (κ3) is 15.5. The van der Waals surface area contributed by atoms with Crippen LogP contribution < -0.4 is 10.4 Å². The van der Waals surface area contributed by atoms with E-state index in [-0.39, 0.29) is 18.1 Å². The Balaban J connectivity index is 0.00000245. The van der Waals surface area contributed by atoms with Crippen LogP contribution in [0.25, 0.3) is 0 Å². The molecule has 0 aliphatic rings. The molecule has 0 aliphatic carbocycles. The van der Waals surface area contributed by atoms with E-state index in [1.54, 1.807) is 13.8 Å². The third-order valence-electron chi connectivity index (χ3n) is 3.98. The fourth-order valence-corrected chi connectivity index (χ4v) is 3.96. The highest BCUT2D eigenvalue weighted by Crippen LogP contribution is 2.12. The summed E-state index contributed by atoms with van der Waals surface area (Å²) >= 11 is 0. The summed E-state index contributed by atoms with van der Waals surface area (Å²) in [5, 5.41) is 11.0. The highest BCUT2D eigenvalue weighted by atomic mass is 32.2. The van der Waals surface area contributed by atoms with Crippen LogP contribution in [0.15, 0.2) is 30.3 Å². The zero-order valence-electron chi connectivity index (χ0n) is 18.0. The molecule has 8 nitrogen and oxygen atoms in total. The van der Waals surface area contributed by atoms with Gasteiger partial charge in [0.25, 0.3) is 0 Å². The van der Waals surface area contributed by atoms with Gasteiger partial charge in [0.05, 0.1) is 39.2 Å². The summed E-state index contributed by atoms with van der Waals surface area (Å²) in [7, 11) is 3.00. The molecule has 0 heterocycles. The Morgan fingerprint density at radius 3 is 2.24 bits per heavy atom. The number of benzene rings is 1. The Kier molecular flexibility index (Phi) is 11.5. The van der Waals surface area contributed by atoms with Crippen LogP contribution in [-0.4, -0.2) is 70.2 Å². The number of quaternary nitrogens is 1. The van der Waals surface area contributed by atoms with Crippen molar-refractivity contribution in [3.63, 3.8) is 0 Å². The highest BCUT2D eigenvalue weighted by Gasteiger charge is 2.24. The summed E-state index contributed by atoms with van der Waals surface area (Å²) in [6, 6.07) is 9.41. The quantitative estimate of drug-likeness (QED) is 0.437. The number of hydrogen-bond acceptors (Lipinski definition) is 6. The van der Waals surface area contributed by atoms with Crippen LogP contribution in [0.2, 0.25) is 0 Å². The van der Waals surface area contributed by atoms with Crippen LogP contribution in [0.1, 0.15) is 32.3 Å². The molecule has 166 valence electrons. The summed E-state index contributed by atoms with van der Waals surface area (Å²) < 4.78 is 30.4. The number of nitrogens with zero attached hydrogens (tertiary/aromatic N) is 1. The van der Waals surface area contributed by atoms with Crippen LogP contribution in [-0.2, 0) is 26.0 Å². The van der Waals surface area contributed by atoms with Crippen LogP contribution in [0.5, 0.6) is 0 Å². The zero-order chi connectivity index (χ0) is 22.6. The van der Waals surface area contributed by atoms with Crippen LogP contribution >= 0.6 is 0 Å². The highest BCUT2D eigenvalue weighted by molar-refractivity contribution is 7.91. The van der Waals surface area contributed by atoms with Crippen LogP contribution in [0, 0.1) is 0 Å². The molecule has 0 aliphatic heterocycles. The van der Waals surface area contributed by atoms with E-state index in [0.29, 0.717) is 12.8 Å². The molecule has 0 saturated carbocycles. The summed E-state index contributed by atoms with van der Waals surface area (Å²) in [6.07, 6.45) is 0.445. The van der Waals surface area contributed by atoms with Gasteiger partial charge in [0.15, 0.2) is 9.84 Å². The molecule has 0 unspecified atom stereocenters. The van der Waals surface area contributed by atoms with Crippen molar-refractivity contribution in [1.82, 2.24) is 5.32 Å². The second-order valence-corrected chi connectivity index (χ2v) is 10.7. The van der Waals surface area contributed by atoms with Crippen molar-refractivity contribution >= 4 is 22.4 Å². The monoisotopic (exact) mass is 430 g/mol. The number of nitrogens with one attached hydrogen (secondary N) is 1. The van der Waals surface area contributed by atoms with Crippen molar-refractivity contribution < 1.29 is 32.3 Å². The number of carbonyl (C=O) groups excluding carboxylic acids is 2. The Hall–Kier alpha value is -2.13. The van der Waals surface area contributed by atoms with E-state index in [9.17, 15) is 13.2 Å². The molecule has 0 fully saturated rings. The van der Waals surface area contributed by atoms with Gasteiger partial charge in [0.2, 0.25) is 0 Å². The van der Waals surface area contributed by atoms with Gasteiger partial charge in [-0.2, -0.15) is 0 Å². The molecule has 0 spiro atoms. The molecule has 1 aromatic rings. The first-order chi connectivity index (χ1) is 13.3. The van der Waals surface area contributed by atoms with Gasteiger partial charge >= 0.3 is 6.09 Å². The first-order valence-electron chi connectivity index (χ1n) is 9.35. The largest absolute Gasteiger partial charge is 0.554 e. The molecular formula is C20H34N2O6S. The van der Waals surface area contributed by atoms with Gasteiger partial charge in [0, 0.05) is 18.4 Å². The molecule has 29 heavy (non-hydrogen) atoms. The number of amides is 1. The van der Waals surface area contributed by atoms with Gasteiger partial charge in [0.1, 0.15) is 6.61 Å². The third-order valence-corrected chi connectivity index (χ3v) is 5.71. The second kappa shape index (κ2) is 12.4. The van der Waals surface area contributed by atoms with Crippen molar-refractivity contribution in [2.75, 3.05) is 39.2 Å². The minimum Gasteiger partial charge on any atom is -0.554 e. The smallest absolute Gasteiger partial charge is 0.407 e. The minimum atomic E-state index is -3.13. The average Bonchev–Trinajstić information content (AvgIpc) is 2.58. The molecule has 9 heteroatoms. The maximum absolute atomic E-state index is 12.2. The summed E-state index contributed by atoms with van der Waals surface area (Å²) in [4.78, 5) is 20.2. The Morgan fingerprint density at radius 2 is 1.72 bits per heavy atom. The number of rotatable bonds is 10. The van der Waals surface area contributed by atoms with Gasteiger partial charge in [-0.25, -0.2) is 13.2 Å². The average molecular weight is 431 g/mol. The van der Waals surface area contributed by atoms with E-state index in [1.807, 2.05) is 51.5 Å². The van der Waals surface area contributed by atoms with E-state index in [1.165, 1.54) is 0 Å². The van der Waals surface area contributed by atoms with Crippen molar-refractivity contribution in [2.24, 2.45) is 0 Å². The summed E-state index contributed by atoms with van der Waals surface area (Å²) in [5.74, 6) is 0.229. The fraction of sp³-hybridized carbons (Fsp3) is 0.600. The molecule has 0 atom stereocenters. The first kappa shape index (κ1) is 26.9. The summed E-state index contributed by atoms with van der Waals surface area (Å²) in [6.45, 7) is 4.11. The lowest BCUT2D eigenvalue weighted by molar-refractivity contribution is -0.870. The first-order valence-corrected chi connectivity index (χ1v) is 11.2. The van der Waals surface area contributed by atoms with Crippen LogP contribution in [0.4, 0.5) is 4.79 Å². The SMILES string of the molecule is CC(C)(CCS(=O)(=O)CCC[N+](C)(C)C)NC(=O)OCc1ccccc1.O=C[O-]. The van der Waals surface area contributed by atoms with Crippen molar-refractivity contribution in [3.8, 4) is 0 Å². The van der Waals surface area contributed by atoms with Crippen molar-refractivity contribution in [2.45, 2.75) is 38.8 Å². The van der Waals surface area contributed by atoms with Gasteiger partial charge in [-0.05, 0) is 25.8 Å². The van der Waals surface area contributed by atoms with Crippen LogP contribution in [0.3, 0.4) is 0 Å². The van der Waals surface area contributed by atoms with Gasteiger partial charge in [-0.1, -0.05) is 30.3 Å². The maximum Gasteiger partial charge on any atom is 0.407 e. The molecule has 1 amide bonds. The molecule has 1 rings (SSSR count). The standard InChI is InChI=1S/C19H32N2O4S.CH2O2/c1-19(2,12-15-26(23,24)14-9-13-21(3,4)5)20-18(22)25-16-17-10-7-6-8-11-17;2-1-3/h6-8,10-11H,9,12-16H2,1-5H3;1H,(H,2,3). The predicted octanol–water partition coefficient (Wildman–Crippen LogP) is 0.959. The number of hydrogen-bond donors (Lipinski definition) is 1. The van der Waals surface area contributed by atoms with E-state index in [4.69, 9.17) is 14.6 Å². The van der Waals surface area contributed by atoms with E-state index >= 15 is 0 Å². The molecule has 1 N–H and O–H groups in total. The van der Waals surface area contributed by atoms with Crippen molar-refractivity contribution in [3.05, 3.63) is 35.9 Å². The zero-order valence-corrected chi connectivity index (χ0v) is 18.8. The van der Waals surface area contributed by atoms with E-state index < -0.39 is 27.9 Å². The molecule has 0 saturated heterocycles. The Bertz CT molecular complexity index is 712. The maximum atomic E-state index is 12.2. The molecule has 1 aromatic carbocycles. The van der Waals surface area contributed by atoms with Gasteiger partial charge in [-0.3, -0.25) is 0 Å². The van der Waals surface area contributed by atoms with E-state index in [2.05, 4.69) is 5.32 Å². The van der Waals surface area contributed by atoms with Crippen molar-refractivity contribution in [1.29, 1.82) is 0 Å². The lowest BCUT2D eigenvalue weighted by Gasteiger charge is -2.26. The molecule has 0 bridgehead atoms. The predicted molar refractivity (Wildman–Crippen MR) is 111 cm³/mol. The Morgan fingerprint density at radius 1 is 1.17 bits per heavy atom. The molecule has 0 radical (unpaired) electrons.